The number of nitrogens with zero attached hydrogens (tertiary/aromatic N) is 2. The van der Waals surface area contributed by atoms with Gasteiger partial charge in [0, 0.05) is 6.54 Å². The second-order valence-electron chi connectivity index (χ2n) is 3.33. The molecule has 6 heteroatoms. The van der Waals surface area contributed by atoms with Crippen LogP contribution in [0.3, 0.4) is 0 Å². The Labute approximate surface area is 85.5 Å². The van der Waals surface area contributed by atoms with Gasteiger partial charge in [-0.3, -0.25) is 4.79 Å². The lowest BCUT2D eigenvalue weighted by Crippen LogP contribution is -2.40. The summed E-state index contributed by atoms with van der Waals surface area (Å²) in [5.74, 6) is -1.49. The van der Waals surface area contributed by atoms with Gasteiger partial charge in [0.2, 0.25) is 0 Å². The fourth-order valence-corrected chi connectivity index (χ4v) is 1.72. The number of carbonyl (C=O) groups is 2. The molecule has 2 rings (SSSR count). The zero-order chi connectivity index (χ0) is 10.8. The van der Waals surface area contributed by atoms with E-state index in [9.17, 15) is 9.59 Å². The van der Waals surface area contributed by atoms with Crippen LogP contribution in [0.2, 0.25) is 0 Å². The number of amides is 1. The van der Waals surface area contributed by atoms with Crippen LogP contribution in [0.25, 0.3) is 0 Å². The Balaban J connectivity index is 2.17. The van der Waals surface area contributed by atoms with Crippen LogP contribution in [0.4, 0.5) is 0 Å². The van der Waals surface area contributed by atoms with Crippen molar-refractivity contribution in [3.63, 3.8) is 0 Å². The summed E-state index contributed by atoms with van der Waals surface area (Å²) in [6, 6.07) is -0.746. The van der Waals surface area contributed by atoms with Crippen LogP contribution in [-0.2, 0) is 4.79 Å². The van der Waals surface area contributed by atoms with Crippen LogP contribution in [0.5, 0.6) is 0 Å². The molecule has 0 bridgehead atoms. The van der Waals surface area contributed by atoms with Gasteiger partial charge in [-0.25, -0.2) is 9.78 Å². The lowest BCUT2D eigenvalue weighted by atomic mass is 10.2. The predicted octanol–water partition coefficient (Wildman–Crippen LogP) is 0.364. The fourth-order valence-electron chi connectivity index (χ4n) is 1.72. The first-order valence-corrected chi connectivity index (χ1v) is 4.63. The zero-order valence-corrected chi connectivity index (χ0v) is 7.92. The minimum absolute atomic E-state index is 0.0526. The summed E-state index contributed by atoms with van der Waals surface area (Å²) in [5.41, 5.74) is 0. The molecule has 1 saturated heterocycles. The third-order valence-electron chi connectivity index (χ3n) is 2.41. The molecule has 1 N–H and O–H groups in total. The number of carboxylic acid groups (broad SMARTS) is 1. The zero-order valence-electron chi connectivity index (χ0n) is 7.92. The van der Waals surface area contributed by atoms with E-state index >= 15 is 0 Å². The van der Waals surface area contributed by atoms with E-state index in [0.717, 1.165) is 0 Å². The number of likely N-dealkylation sites (tertiary alicyclic amines) is 1. The average Bonchev–Trinajstić information content (AvgIpc) is 2.88. The van der Waals surface area contributed by atoms with E-state index in [1.807, 2.05) is 0 Å². The highest BCUT2D eigenvalue weighted by molar-refractivity contribution is 5.93. The maximum atomic E-state index is 11.7. The Kier molecular flexibility index (Phi) is 2.40. The van der Waals surface area contributed by atoms with Gasteiger partial charge in [0.15, 0.2) is 0 Å². The molecule has 1 aromatic rings. The van der Waals surface area contributed by atoms with Crippen molar-refractivity contribution in [3.8, 4) is 0 Å². The van der Waals surface area contributed by atoms with Crippen molar-refractivity contribution in [2.45, 2.75) is 18.9 Å². The van der Waals surface area contributed by atoms with Gasteiger partial charge in [-0.2, -0.15) is 0 Å². The van der Waals surface area contributed by atoms with Gasteiger partial charge in [0.25, 0.3) is 5.89 Å². The highest BCUT2D eigenvalue weighted by atomic mass is 16.4. The fraction of sp³-hybridized carbons (Fsp3) is 0.444. The molecule has 1 aliphatic heterocycles. The first-order chi connectivity index (χ1) is 7.20. The molecule has 0 radical (unpaired) electrons. The normalized spacial score (nSPS) is 20.5. The van der Waals surface area contributed by atoms with Gasteiger partial charge < -0.3 is 14.4 Å². The van der Waals surface area contributed by atoms with Crippen molar-refractivity contribution in [2.75, 3.05) is 6.54 Å². The lowest BCUT2D eigenvalue weighted by Gasteiger charge is -2.19. The highest BCUT2D eigenvalue weighted by Gasteiger charge is 2.35. The molecule has 2 heterocycles. The second kappa shape index (κ2) is 3.72. The number of hydrogen-bond acceptors (Lipinski definition) is 4. The Bertz CT molecular complexity index is 373. The molecule has 0 unspecified atom stereocenters. The van der Waals surface area contributed by atoms with Crippen LogP contribution >= 0.6 is 0 Å². The minimum atomic E-state index is -0.979. The molecule has 1 aliphatic rings. The van der Waals surface area contributed by atoms with E-state index < -0.39 is 17.9 Å². The van der Waals surface area contributed by atoms with E-state index in [1.165, 1.54) is 17.4 Å². The average molecular weight is 210 g/mol. The smallest absolute Gasteiger partial charge is 0.326 e. The third-order valence-corrected chi connectivity index (χ3v) is 2.41. The summed E-state index contributed by atoms with van der Waals surface area (Å²) in [5, 5.41) is 8.89. The molecular formula is C9H10N2O4. The van der Waals surface area contributed by atoms with Gasteiger partial charge >= 0.3 is 11.9 Å². The van der Waals surface area contributed by atoms with Gasteiger partial charge in [-0.15, -0.1) is 0 Å². The van der Waals surface area contributed by atoms with E-state index in [1.54, 1.807) is 0 Å². The maximum absolute atomic E-state index is 11.7. The van der Waals surface area contributed by atoms with E-state index in [2.05, 4.69) is 4.98 Å². The topological polar surface area (TPSA) is 83.6 Å². The Hall–Kier alpha value is -1.85. The number of rotatable bonds is 2. The molecule has 1 atom stereocenters. The van der Waals surface area contributed by atoms with E-state index in [0.29, 0.717) is 19.4 Å². The Morgan fingerprint density at radius 3 is 3.00 bits per heavy atom. The first-order valence-electron chi connectivity index (χ1n) is 4.63. The monoisotopic (exact) mass is 210 g/mol. The molecular weight excluding hydrogens is 200 g/mol. The van der Waals surface area contributed by atoms with Crippen LogP contribution < -0.4 is 0 Å². The molecule has 0 aliphatic carbocycles. The number of carbonyl (C=O) groups excluding carboxylic acids is 1. The second-order valence-corrected chi connectivity index (χ2v) is 3.33. The molecule has 6 nitrogen and oxygen atoms in total. The summed E-state index contributed by atoms with van der Waals surface area (Å²) >= 11 is 0. The van der Waals surface area contributed by atoms with Crippen molar-refractivity contribution in [1.29, 1.82) is 0 Å². The summed E-state index contributed by atoms with van der Waals surface area (Å²) in [7, 11) is 0. The number of aliphatic carboxylic acids is 1. The van der Waals surface area contributed by atoms with Crippen molar-refractivity contribution in [2.24, 2.45) is 0 Å². The largest absolute Gasteiger partial charge is 0.480 e. The minimum Gasteiger partial charge on any atom is -0.480 e. The van der Waals surface area contributed by atoms with Gasteiger partial charge in [-0.05, 0) is 12.8 Å². The van der Waals surface area contributed by atoms with Crippen molar-refractivity contribution in [3.05, 3.63) is 18.4 Å². The number of oxazole rings is 1. The van der Waals surface area contributed by atoms with Gasteiger partial charge in [0.05, 0.1) is 6.20 Å². The van der Waals surface area contributed by atoms with Crippen LogP contribution in [0.15, 0.2) is 16.9 Å². The van der Waals surface area contributed by atoms with E-state index in [-0.39, 0.29) is 5.89 Å². The quantitative estimate of drug-likeness (QED) is 0.762. The van der Waals surface area contributed by atoms with Gasteiger partial charge in [0.1, 0.15) is 12.3 Å². The number of carboxylic acids is 1. The van der Waals surface area contributed by atoms with Crippen molar-refractivity contribution >= 4 is 11.9 Å². The number of hydrogen-bond donors (Lipinski definition) is 1. The molecule has 1 fully saturated rings. The standard InChI is InChI=1S/C9H10N2O4/c12-8(7-10-3-5-15-7)11-4-1-2-6(11)9(13)14/h3,5-6H,1-2,4H2,(H,13,14)/t6-/m0/s1. The number of aromatic nitrogens is 1. The summed E-state index contributed by atoms with van der Waals surface area (Å²) in [6.45, 7) is 0.443. The Morgan fingerprint density at radius 2 is 2.40 bits per heavy atom. The van der Waals surface area contributed by atoms with Gasteiger partial charge in [-0.1, -0.05) is 0 Å². The first kappa shape index (κ1) is 9.70. The molecule has 0 spiro atoms. The molecule has 0 aromatic carbocycles. The lowest BCUT2D eigenvalue weighted by molar-refractivity contribution is -0.141. The maximum Gasteiger partial charge on any atom is 0.326 e. The van der Waals surface area contributed by atoms with Crippen LogP contribution in [-0.4, -0.2) is 39.5 Å². The van der Waals surface area contributed by atoms with Crippen LogP contribution in [0.1, 0.15) is 23.5 Å². The molecule has 0 saturated carbocycles. The van der Waals surface area contributed by atoms with Crippen LogP contribution in [0, 0.1) is 0 Å². The molecule has 80 valence electrons. The molecule has 1 aromatic heterocycles. The third kappa shape index (κ3) is 1.70. The highest BCUT2D eigenvalue weighted by Crippen LogP contribution is 2.19. The predicted molar refractivity (Wildman–Crippen MR) is 48.2 cm³/mol. The van der Waals surface area contributed by atoms with Crippen molar-refractivity contribution < 1.29 is 19.1 Å². The summed E-state index contributed by atoms with van der Waals surface area (Å²) in [6.07, 6.45) is 3.84. The SMILES string of the molecule is O=C(O)[C@@H]1CCCN1C(=O)c1ncco1. The van der Waals surface area contributed by atoms with E-state index in [4.69, 9.17) is 9.52 Å². The Morgan fingerprint density at radius 1 is 1.60 bits per heavy atom. The summed E-state index contributed by atoms with van der Waals surface area (Å²) < 4.78 is 4.84. The molecule has 1 amide bonds. The molecule has 15 heavy (non-hydrogen) atoms. The summed E-state index contributed by atoms with van der Waals surface area (Å²) in [4.78, 5) is 27.6. The van der Waals surface area contributed by atoms with Crippen molar-refractivity contribution in [1.82, 2.24) is 9.88 Å².